The molecule has 0 heterocycles. The molecule has 0 aliphatic carbocycles. The molecule has 22 valence electrons. The van der Waals surface area contributed by atoms with Crippen LogP contribution in [0.4, 0.5) is 0 Å². The average molecular weight is 184 g/mol. The molecule has 0 saturated heterocycles. The predicted octanol–water partition coefficient (Wildman–Crippen LogP) is 1.93. The fourth-order valence-electron chi connectivity index (χ4n) is 0. The SMILES string of the molecule is [C]=C(Br)Br. The summed E-state index contributed by atoms with van der Waals surface area (Å²) in [5.41, 5.74) is 0. The molecule has 0 amide bonds. The molecule has 2 heteroatoms. The first-order chi connectivity index (χ1) is 1.73. The summed E-state index contributed by atoms with van der Waals surface area (Å²) in [5, 5.41) is 0. The van der Waals surface area contributed by atoms with Gasteiger partial charge in [-0.25, -0.2) is 0 Å². The monoisotopic (exact) mass is 182 g/mol. The summed E-state index contributed by atoms with van der Waals surface area (Å²) in [5.74, 6) is 0. The lowest BCUT2D eigenvalue weighted by Crippen LogP contribution is -1.21. The van der Waals surface area contributed by atoms with Crippen molar-refractivity contribution in [1.29, 1.82) is 0 Å². The highest BCUT2D eigenvalue weighted by molar-refractivity contribution is 9.28. The quantitative estimate of drug-likeness (QED) is 0.539. The molecule has 0 saturated carbocycles. The van der Waals surface area contributed by atoms with Crippen LogP contribution in [-0.4, -0.2) is 0 Å². The Labute approximate surface area is 42.1 Å². The van der Waals surface area contributed by atoms with Crippen LogP contribution in [0.5, 0.6) is 0 Å². The van der Waals surface area contributed by atoms with Crippen LogP contribution in [0.3, 0.4) is 0 Å². The van der Waals surface area contributed by atoms with Gasteiger partial charge in [0.2, 0.25) is 0 Å². The lowest BCUT2D eigenvalue weighted by molar-refractivity contribution is 2.51. The van der Waals surface area contributed by atoms with E-state index in [0.717, 1.165) is 0 Å². The van der Waals surface area contributed by atoms with Crippen LogP contribution in [-0.2, 0) is 0 Å². The van der Waals surface area contributed by atoms with Crippen molar-refractivity contribution < 1.29 is 0 Å². The van der Waals surface area contributed by atoms with Gasteiger partial charge < -0.3 is 0 Å². The molecule has 0 spiro atoms. The molecule has 4 heavy (non-hydrogen) atoms. The first kappa shape index (κ1) is 4.70. The highest BCUT2D eigenvalue weighted by Crippen LogP contribution is 2.06. The highest BCUT2D eigenvalue weighted by atomic mass is 79.9. The molecule has 0 unspecified atom stereocenters. The maximum Gasteiger partial charge on any atom is 0.0690 e. The number of rotatable bonds is 0. The van der Waals surface area contributed by atoms with Crippen molar-refractivity contribution in [2.24, 2.45) is 0 Å². The van der Waals surface area contributed by atoms with Crippen LogP contribution in [0.1, 0.15) is 0 Å². The van der Waals surface area contributed by atoms with Crippen molar-refractivity contribution in [2.75, 3.05) is 0 Å². The van der Waals surface area contributed by atoms with Crippen molar-refractivity contribution in [3.8, 4) is 0 Å². The summed E-state index contributed by atoms with van der Waals surface area (Å²) >= 11 is 5.54. The minimum Gasteiger partial charge on any atom is -0.0419 e. The molecule has 0 atom stereocenters. The van der Waals surface area contributed by atoms with Gasteiger partial charge in [-0.15, -0.1) is 0 Å². The van der Waals surface area contributed by atoms with E-state index >= 15 is 0 Å². The maximum absolute atomic E-state index is 6.33. The Hall–Kier alpha value is 0.700. The predicted molar refractivity (Wildman–Crippen MR) is 24.6 cm³/mol. The summed E-state index contributed by atoms with van der Waals surface area (Å²) in [7, 11) is 0. The van der Waals surface area contributed by atoms with E-state index in [1.165, 1.54) is 0 Å². The van der Waals surface area contributed by atoms with Gasteiger partial charge in [-0.05, 0) is 31.9 Å². The third-order valence-electron chi connectivity index (χ3n) is 0. The zero-order valence-corrected chi connectivity index (χ0v) is 4.93. The van der Waals surface area contributed by atoms with E-state index in [0.29, 0.717) is 3.39 Å². The summed E-state index contributed by atoms with van der Waals surface area (Å²) in [4.78, 5) is 0. The van der Waals surface area contributed by atoms with Gasteiger partial charge in [0, 0.05) is 6.58 Å². The maximum atomic E-state index is 6.33. The fraction of sp³-hybridized carbons (Fsp3) is 0. The molecule has 0 bridgehead atoms. The Bertz CT molecular complexity index is 27.0. The molecule has 0 aromatic heterocycles. The molecule has 0 N–H and O–H groups in total. The third kappa shape index (κ3) is 15.9. The highest BCUT2D eigenvalue weighted by Gasteiger charge is 1.60. The molecule has 0 aliphatic heterocycles. The first-order valence-electron chi connectivity index (χ1n) is 0.628. The molecule has 0 nitrogen and oxygen atoms in total. The van der Waals surface area contributed by atoms with Gasteiger partial charge in [-0.2, -0.15) is 0 Å². The van der Waals surface area contributed by atoms with Crippen LogP contribution in [0.2, 0.25) is 0 Å². The lowest BCUT2D eigenvalue weighted by atomic mass is 11.3. The standard InChI is InChI=1S/C2Br2/c1-2(3)4. The second kappa shape index (κ2) is 1.97. The van der Waals surface area contributed by atoms with Crippen LogP contribution in [0.25, 0.3) is 0 Å². The van der Waals surface area contributed by atoms with E-state index in [1.54, 1.807) is 0 Å². The first-order valence-corrected chi connectivity index (χ1v) is 2.21. The zero-order valence-electron chi connectivity index (χ0n) is 1.76. The molecule has 2 radical (unpaired) electrons. The fourth-order valence-corrected chi connectivity index (χ4v) is 0. The summed E-state index contributed by atoms with van der Waals surface area (Å²) < 4.78 is 0.292. The third-order valence-corrected chi connectivity index (χ3v) is 0. The minimum absolute atomic E-state index is 0.292. The summed E-state index contributed by atoms with van der Waals surface area (Å²) in [6.07, 6.45) is 0. The van der Waals surface area contributed by atoms with Gasteiger partial charge in [-0.1, -0.05) is 0 Å². The van der Waals surface area contributed by atoms with Crippen LogP contribution in [0.15, 0.2) is 3.39 Å². The molecule has 0 aromatic rings. The molecule has 0 rings (SSSR count). The van der Waals surface area contributed by atoms with Gasteiger partial charge in [-0.3, -0.25) is 0 Å². The Morgan fingerprint density at radius 1 is 1.50 bits per heavy atom. The van der Waals surface area contributed by atoms with E-state index in [9.17, 15) is 0 Å². The largest absolute Gasteiger partial charge is 0.0690 e. The number of hydrogen-bond donors (Lipinski definition) is 0. The second-order valence-electron chi connectivity index (χ2n) is 0.260. The van der Waals surface area contributed by atoms with Gasteiger partial charge in [0.15, 0.2) is 0 Å². The molecular weight excluding hydrogens is 184 g/mol. The van der Waals surface area contributed by atoms with Crippen molar-refractivity contribution in [1.82, 2.24) is 0 Å². The second-order valence-corrected chi connectivity index (χ2v) is 2.91. The Balaban J connectivity index is 2.80. The Morgan fingerprint density at radius 3 is 1.50 bits per heavy atom. The van der Waals surface area contributed by atoms with Crippen LogP contribution >= 0.6 is 31.9 Å². The van der Waals surface area contributed by atoms with Crippen LogP contribution in [0, 0.1) is 6.58 Å². The molecule has 0 aliphatic rings. The van der Waals surface area contributed by atoms with E-state index in [4.69, 9.17) is 6.58 Å². The van der Waals surface area contributed by atoms with E-state index < -0.39 is 0 Å². The van der Waals surface area contributed by atoms with Crippen molar-refractivity contribution in [3.05, 3.63) is 9.97 Å². The van der Waals surface area contributed by atoms with Crippen molar-refractivity contribution in [3.63, 3.8) is 0 Å². The van der Waals surface area contributed by atoms with Crippen LogP contribution < -0.4 is 0 Å². The Morgan fingerprint density at radius 2 is 1.50 bits per heavy atom. The Kier molecular flexibility index (Phi) is 2.32. The van der Waals surface area contributed by atoms with Gasteiger partial charge >= 0.3 is 0 Å². The lowest BCUT2D eigenvalue weighted by Gasteiger charge is -1.56. The summed E-state index contributed by atoms with van der Waals surface area (Å²) in [6, 6.07) is 0. The normalized spacial score (nSPS) is 6.50. The van der Waals surface area contributed by atoms with Gasteiger partial charge in [0.25, 0.3) is 0 Å². The molecule has 0 fully saturated rings. The molecule has 0 aromatic carbocycles. The summed E-state index contributed by atoms with van der Waals surface area (Å²) in [6.45, 7) is 6.33. The topological polar surface area (TPSA) is 0 Å². The van der Waals surface area contributed by atoms with Gasteiger partial charge in [0.1, 0.15) is 0 Å². The van der Waals surface area contributed by atoms with Gasteiger partial charge in [0.05, 0.1) is 3.39 Å². The number of halogens is 2. The number of hydrogen-bond acceptors (Lipinski definition) is 0. The smallest absolute Gasteiger partial charge is 0.0419 e. The minimum atomic E-state index is 0.292. The van der Waals surface area contributed by atoms with Crippen molar-refractivity contribution >= 4 is 31.9 Å². The zero-order chi connectivity index (χ0) is 3.58. The van der Waals surface area contributed by atoms with E-state index in [1.807, 2.05) is 0 Å². The molecular formula is C2Br2. The van der Waals surface area contributed by atoms with E-state index in [2.05, 4.69) is 31.9 Å². The average Bonchev–Trinajstić information content (AvgIpc) is 0.811. The van der Waals surface area contributed by atoms with Crippen molar-refractivity contribution in [2.45, 2.75) is 0 Å². The van der Waals surface area contributed by atoms with E-state index in [-0.39, 0.29) is 0 Å².